The Morgan fingerprint density at radius 2 is 2.05 bits per heavy atom. The Labute approximate surface area is 125 Å². The van der Waals surface area contributed by atoms with Crippen molar-refractivity contribution in [3.63, 3.8) is 0 Å². The normalized spacial score (nSPS) is 13.8. The van der Waals surface area contributed by atoms with Crippen molar-refractivity contribution in [2.24, 2.45) is 0 Å². The Bertz CT molecular complexity index is 669. The number of aryl methyl sites for hydroxylation is 1. The van der Waals surface area contributed by atoms with Crippen LogP contribution in [0.5, 0.6) is 0 Å². The number of benzene rings is 1. The van der Waals surface area contributed by atoms with Crippen LogP contribution >= 0.6 is 11.3 Å². The quantitative estimate of drug-likeness (QED) is 0.797. The highest BCUT2D eigenvalue weighted by Crippen LogP contribution is 2.25. The third-order valence-corrected chi connectivity index (χ3v) is 4.04. The number of hydrogen-bond acceptors (Lipinski definition) is 4. The van der Waals surface area contributed by atoms with Gasteiger partial charge in [-0.1, -0.05) is 29.5 Å². The van der Waals surface area contributed by atoms with E-state index in [0.29, 0.717) is 22.2 Å². The first kappa shape index (κ1) is 13.6. The zero-order chi connectivity index (χ0) is 14.7. The highest BCUT2D eigenvalue weighted by atomic mass is 32.1. The summed E-state index contributed by atoms with van der Waals surface area (Å²) in [5.41, 5.74) is 1.45. The van der Waals surface area contributed by atoms with Crippen molar-refractivity contribution >= 4 is 34.1 Å². The minimum atomic E-state index is -0.370. The molecule has 0 spiro atoms. The van der Waals surface area contributed by atoms with Gasteiger partial charge in [-0.05, 0) is 25.0 Å². The zero-order valence-corrected chi connectivity index (χ0v) is 12.0. The molecule has 0 saturated heterocycles. The summed E-state index contributed by atoms with van der Waals surface area (Å²) < 4.78 is 0. The van der Waals surface area contributed by atoms with E-state index in [2.05, 4.69) is 20.9 Å². The van der Waals surface area contributed by atoms with E-state index in [1.54, 1.807) is 12.1 Å². The van der Waals surface area contributed by atoms with Crippen molar-refractivity contribution in [1.29, 1.82) is 0 Å². The molecule has 2 aromatic rings. The van der Waals surface area contributed by atoms with Crippen molar-refractivity contribution in [3.05, 3.63) is 40.9 Å². The molecule has 3 N–H and O–H groups in total. The molecule has 0 radical (unpaired) electrons. The fourth-order valence-corrected chi connectivity index (χ4v) is 2.99. The molecule has 0 unspecified atom stereocenters. The molecule has 1 aliphatic rings. The van der Waals surface area contributed by atoms with E-state index >= 15 is 0 Å². The first-order chi connectivity index (χ1) is 10.2. The molecule has 0 saturated carbocycles. The highest BCUT2D eigenvalue weighted by molar-refractivity contribution is 7.17. The smallest absolute Gasteiger partial charge is 0.325 e. The molecular formula is C14H14N4O2S. The fourth-order valence-electron chi connectivity index (χ4n) is 2.07. The Kier molecular flexibility index (Phi) is 3.83. The number of para-hydroxylation sites is 1. The van der Waals surface area contributed by atoms with Gasteiger partial charge in [0.15, 0.2) is 5.13 Å². The lowest BCUT2D eigenvalue weighted by Crippen LogP contribution is -2.21. The molecule has 0 bridgehead atoms. The SMILES string of the molecule is O=C(Nc1ccccc1)Nc1nc2c(s1)C(=O)NCCC2. The van der Waals surface area contributed by atoms with Crippen LogP contribution in [0.1, 0.15) is 21.8 Å². The molecule has 7 heteroatoms. The van der Waals surface area contributed by atoms with E-state index in [1.165, 1.54) is 11.3 Å². The van der Waals surface area contributed by atoms with Crippen molar-refractivity contribution in [3.8, 4) is 0 Å². The first-order valence-corrected chi connectivity index (χ1v) is 7.45. The van der Waals surface area contributed by atoms with Gasteiger partial charge in [-0.25, -0.2) is 9.78 Å². The van der Waals surface area contributed by atoms with Crippen LogP contribution in [0.15, 0.2) is 30.3 Å². The molecule has 108 valence electrons. The molecule has 1 aliphatic heterocycles. The van der Waals surface area contributed by atoms with Crippen LogP contribution in [0.4, 0.5) is 15.6 Å². The summed E-state index contributed by atoms with van der Waals surface area (Å²) in [6, 6.07) is 8.77. The van der Waals surface area contributed by atoms with Crippen molar-refractivity contribution in [1.82, 2.24) is 10.3 Å². The lowest BCUT2D eigenvalue weighted by molar-refractivity contribution is 0.0960. The number of aromatic nitrogens is 1. The molecule has 0 aliphatic carbocycles. The van der Waals surface area contributed by atoms with Gasteiger partial charge in [0.05, 0.1) is 5.69 Å². The number of fused-ring (bicyclic) bond motifs is 1. The van der Waals surface area contributed by atoms with Crippen molar-refractivity contribution in [2.75, 3.05) is 17.2 Å². The second-order valence-corrected chi connectivity index (χ2v) is 5.60. The van der Waals surface area contributed by atoms with Crippen LogP contribution in [0.2, 0.25) is 0 Å². The van der Waals surface area contributed by atoms with E-state index in [1.807, 2.05) is 18.2 Å². The maximum atomic E-state index is 11.9. The van der Waals surface area contributed by atoms with Gasteiger partial charge < -0.3 is 10.6 Å². The van der Waals surface area contributed by atoms with Crippen LogP contribution in [-0.2, 0) is 6.42 Å². The molecule has 0 atom stereocenters. The fraction of sp³-hybridized carbons (Fsp3) is 0.214. The number of anilines is 2. The maximum absolute atomic E-state index is 11.9. The van der Waals surface area contributed by atoms with Gasteiger partial charge in [0.2, 0.25) is 0 Å². The minimum Gasteiger partial charge on any atom is -0.351 e. The number of carbonyl (C=O) groups excluding carboxylic acids is 2. The molecule has 1 aromatic carbocycles. The maximum Gasteiger partial charge on any atom is 0.325 e. The second-order valence-electron chi connectivity index (χ2n) is 4.60. The van der Waals surface area contributed by atoms with Crippen molar-refractivity contribution in [2.45, 2.75) is 12.8 Å². The van der Waals surface area contributed by atoms with E-state index < -0.39 is 0 Å². The van der Waals surface area contributed by atoms with Gasteiger partial charge in [0.25, 0.3) is 5.91 Å². The predicted molar refractivity (Wildman–Crippen MR) is 81.9 cm³/mol. The summed E-state index contributed by atoms with van der Waals surface area (Å²) in [5, 5.41) is 8.62. The average Bonchev–Trinajstić information content (AvgIpc) is 2.79. The topological polar surface area (TPSA) is 83.1 Å². The number of carbonyl (C=O) groups is 2. The molecule has 3 amide bonds. The zero-order valence-electron chi connectivity index (χ0n) is 11.2. The number of rotatable bonds is 2. The Morgan fingerprint density at radius 3 is 2.86 bits per heavy atom. The van der Waals surface area contributed by atoms with Gasteiger partial charge in [-0.2, -0.15) is 0 Å². The van der Waals surface area contributed by atoms with Gasteiger partial charge in [-0.15, -0.1) is 0 Å². The van der Waals surface area contributed by atoms with Gasteiger partial charge in [-0.3, -0.25) is 10.1 Å². The lowest BCUT2D eigenvalue weighted by atomic mass is 10.2. The third-order valence-electron chi connectivity index (χ3n) is 3.03. The Hall–Kier alpha value is -2.41. The summed E-state index contributed by atoms with van der Waals surface area (Å²) in [7, 11) is 0. The van der Waals surface area contributed by atoms with E-state index in [4.69, 9.17) is 0 Å². The Morgan fingerprint density at radius 1 is 1.24 bits per heavy atom. The first-order valence-electron chi connectivity index (χ1n) is 6.63. The number of thiazole rings is 1. The molecule has 1 aromatic heterocycles. The number of hydrogen-bond donors (Lipinski definition) is 3. The standard InChI is InChI=1S/C14H14N4O2S/c19-12-11-10(7-4-8-15-12)17-14(21-11)18-13(20)16-9-5-2-1-3-6-9/h1-3,5-6H,4,7-8H2,(H,15,19)(H2,16,17,18,20). The molecular weight excluding hydrogens is 288 g/mol. The number of nitrogens with one attached hydrogen (secondary N) is 3. The number of urea groups is 1. The number of nitrogens with zero attached hydrogens (tertiary/aromatic N) is 1. The largest absolute Gasteiger partial charge is 0.351 e. The van der Waals surface area contributed by atoms with Crippen LogP contribution in [0.3, 0.4) is 0 Å². The molecule has 6 nitrogen and oxygen atoms in total. The summed E-state index contributed by atoms with van der Waals surface area (Å²) in [6.07, 6.45) is 1.60. The summed E-state index contributed by atoms with van der Waals surface area (Å²) in [5.74, 6) is -0.114. The second kappa shape index (κ2) is 5.92. The molecule has 21 heavy (non-hydrogen) atoms. The molecule has 3 rings (SSSR count). The minimum absolute atomic E-state index is 0.114. The lowest BCUT2D eigenvalue weighted by Gasteiger charge is -2.04. The van der Waals surface area contributed by atoms with Crippen LogP contribution in [-0.4, -0.2) is 23.5 Å². The summed E-state index contributed by atoms with van der Waals surface area (Å²) in [6.45, 7) is 0.666. The highest BCUT2D eigenvalue weighted by Gasteiger charge is 2.21. The number of amides is 3. The summed E-state index contributed by atoms with van der Waals surface area (Å²) in [4.78, 5) is 28.6. The van der Waals surface area contributed by atoms with E-state index in [-0.39, 0.29) is 11.9 Å². The van der Waals surface area contributed by atoms with E-state index in [0.717, 1.165) is 18.5 Å². The monoisotopic (exact) mass is 302 g/mol. The Balaban J connectivity index is 1.69. The van der Waals surface area contributed by atoms with Crippen LogP contribution in [0, 0.1) is 0 Å². The van der Waals surface area contributed by atoms with Crippen LogP contribution < -0.4 is 16.0 Å². The van der Waals surface area contributed by atoms with Gasteiger partial charge in [0.1, 0.15) is 4.88 Å². The van der Waals surface area contributed by atoms with Gasteiger partial charge in [0, 0.05) is 12.2 Å². The van der Waals surface area contributed by atoms with Gasteiger partial charge >= 0.3 is 6.03 Å². The van der Waals surface area contributed by atoms with E-state index in [9.17, 15) is 9.59 Å². The summed E-state index contributed by atoms with van der Waals surface area (Å²) >= 11 is 1.20. The van der Waals surface area contributed by atoms with Crippen molar-refractivity contribution < 1.29 is 9.59 Å². The molecule has 2 heterocycles. The third kappa shape index (κ3) is 3.19. The molecule has 0 fully saturated rings. The predicted octanol–water partition coefficient (Wildman–Crippen LogP) is 2.46. The van der Waals surface area contributed by atoms with Crippen LogP contribution in [0.25, 0.3) is 0 Å². The average molecular weight is 302 g/mol.